The van der Waals surface area contributed by atoms with Gasteiger partial charge in [-0.3, -0.25) is 14.4 Å². The molecule has 0 aliphatic carbocycles. The third-order valence-corrected chi connectivity index (χ3v) is 6.75. The lowest BCUT2D eigenvalue weighted by Crippen LogP contribution is -2.30. The Balaban J connectivity index is 1.44. The Morgan fingerprint density at radius 1 is 0.825 bits per heavy atom. The molecule has 0 aromatic heterocycles. The molecule has 0 spiro atoms. The summed E-state index contributed by atoms with van der Waals surface area (Å²) in [6.45, 7) is 1.98. The van der Waals surface area contributed by atoms with E-state index in [9.17, 15) is 14.4 Å². The number of hydrogen-bond acceptors (Lipinski definition) is 5. The third-order valence-electron chi connectivity index (χ3n) is 5.76. The van der Waals surface area contributed by atoms with E-state index < -0.39 is 5.91 Å². The van der Waals surface area contributed by atoms with Gasteiger partial charge in [0.2, 0.25) is 5.91 Å². The lowest BCUT2D eigenvalue weighted by Gasteiger charge is -2.12. The molecular weight excluding hydrogens is 522 g/mol. The van der Waals surface area contributed by atoms with Crippen LogP contribution < -0.4 is 20.7 Å². The van der Waals surface area contributed by atoms with Crippen LogP contribution in [0.4, 0.5) is 11.4 Å². The molecule has 0 aliphatic heterocycles. The first-order valence-electron chi connectivity index (χ1n) is 12.5. The Morgan fingerprint density at radius 2 is 1.55 bits per heavy atom. The van der Waals surface area contributed by atoms with Crippen LogP contribution in [0.2, 0.25) is 0 Å². The highest BCUT2D eigenvalue weighted by Gasteiger charge is 2.16. The average molecular weight is 552 g/mol. The Morgan fingerprint density at radius 3 is 2.30 bits per heavy atom. The van der Waals surface area contributed by atoms with Gasteiger partial charge >= 0.3 is 0 Å². The standard InChI is InChI=1S/C32H29N3O4S/c1-22-15-17-23(18-16-22)19-28(35-31(37)24-9-4-3-5-10-24)32(38)33-25-11-8-12-26(20-25)40-21-30(36)34-27-13-6-7-14-29(27)39-2/h3-20H,21H2,1-2H3,(H,33,38)(H,34,36)(H,35,37)/b28-19-. The van der Waals surface area contributed by atoms with Crippen LogP contribution in [-0.4, -0.2) is 30.6 Å². The number of methoxy groups -OCH3 is 1. The Bertz CT molecular complexity index is 1520. The molecule has 4 rings (SSSR count). The fraction of sp³-hybridized carbons (Fsp3) is 0.0938. The lowest BCUT2D eigenvalue weighted by atomic mass is 10.1. The zero-order valence-corrected chi connectivity index (χ0v) is 23.0. The fourth-order valence-corrected chi connectivity index (χ4v) is 4.47. The molecule has 40 heavy (non-hydrogen) atoms. The van der Waals surface area contributed by atoms with E-state index in [1.165, 1.54) is 11.8 Å². The normalized spacial score (nSPS) is 10.9. The number of para-hydroxylation sites is 2. The number of benzene rings is 4. The van der Waals surface area contributed by atoms with Crippen LogP contribution in [0.3, 0.4) is 0 Å². The minimum Gasteiger partial charge on any atom is -0.495 e. The summed E-state index contributed by atoms with van der Waals surface area (Å²) in [6, 6.07) is 30.7. The van der Waals surface area contributed by atoms with Gasteiger partial charge in [-0.25, -0.2) is 0 Å². The van der Waals surface area contributed by atoms with Gasteiger partial charge in [0.15, 0.2) is 0 Å². The van der Waals surface area contributed by atoms with Crippen molar-refractivity contribution in [2.75, 3.05) is 23.5 Å². The van der Waals surface area contributed by atoms with E-state index in [0.29, 0.717) is 22.7 Å². The molecule has 3 amide bonds. The first kappa shape index (κ1) is 28.2. The number of amides is 3. The summed E-state index contributed by atoms with van der Waals surface area (Å²) in [4.78, 5) is 39.5. The summed E-state index contributed by atoms with van der Waals surface area (Å²) in [5.41, 5.74) is 3.53. The third kappa shape index (κ3) is 8.09. The molecule has 4 aromatic carbocycles. The summed E-state index contributed by atoms with van der Waals surface area (Å²) in [5.74, 6) is -0.295. The monoisotopic (exact) mass is 551 g/mol. The molecule has 0 bridgehead atoms. The van der Waals surface area contributed by atoms with Crippen molar-refractivity contribution < 1.29 is 19.1 Å². The summed E-state index contributed by atoms with van der Waals surface area (Å²) in [7, 11) is 1.55. The van der Waals surface area contributed by atoms with E-state index in [2.05, 4.69) is 16.0 Å². The number of ether oxygens (including phenoxy) is 1. The first-order valence-corrected chi connectivity index (χ1v) is 13.5. The minimum absolute atomic E-state index is 0.104. The predicted molar refractivity (Wildman–Crippen MR) is 160 cm³/mol. The maximum Gasteiger partial charge on any atom is 0.272 e. The molecule has 0 radical (unpaired) electrons. The topological polar surface area (TPSA) is 96.5 Å². The van der Waals surface area contributed by atoms with E-state index >= 15 is 0 Å². The van der Waals surface area contributed by atoms with Crippen molar-refractivity contribution >= 4 is 46.9 Å². The zero-order valence-electron chi connectivity index (χ0n) is 22.1. The van der Waals surface area contributed by atoms with Crippen molar-refractivity contribution in [1.82, 2.24) is 5.32 Å². The second kappa shape index (κ2) is 13.8. The molecule has 0 aliphatic rings. The van der Waals surface area contributed by atoms with Gasteiger partial charge in [-0.15, -0.1) is 11.8 Å². The zero-order chi connectivity index (χ0) is 28.3. The van der Waals surface area contributed by atoms with Gasteiger partial charge in [0, 0.05) is 16.1 Å². The van der Waals surface area contributed by atoms with Gasteiger partial charge in [0.25, 0.3) is 11.8 Å². The number of thioether (sulfide) groups is 1. The van der Waals surface area contributed by atoms with Gasteiger partial charge in [-0.1, -0.05) is 66.2 Å². The molecule has 0 heterocycles. The van der Waals surface area contributed by atoms with Gasteiger partial charge in [-0.2, -0.15) is 0 Å². The maximum atomic E-state index is 13.3. The van der Waals surface area contributed by atoms with Crippen LogP contribution in [0.1, 0.15) is 21.5 Å². The Labute approximate surface area is 237 Å². The molecule has 0 atom stereocenters. The molecule has 0 fully saturated rings. The molecule has 7 nitrogen and oxygen atoms in total. The number of rotatable bonds is 10. The number of hydrogen-bond donors (Lipinski definition) is 3. The first-order chi connectivity index (χ1) is 19.4. The highest BCUT2D eigenvalue weighted by atomic mass is 32.2. The summed E-state index contributed by atoms with van der Waals surface area (Å²) in [6.07, 6.45) is 1.64. The smallest absolute Gasteiger partial charge is 0.272 e. The van der Waals surface area contributed by atoms with Crippen LogP contribution in [0.15, 0.2) is 114 Å². The van der Waals surface area contributed by atoms with Crippen LogP contribution >= 0.6 is 11.8 Å². The van der Waals surface area contributed by atoms with E-state index in [0.717, 1.165) is 16.0 Å². The molecule has 0 saturated carbocycles. The van der Waals surface area contributed by atoms with Crippen molar-refractivity contribution in [3.63, 3.8) is 0 Å². The van der Waals surface area contributed by atoms with Gasteiger partial charge < -0.3 is 20.7 Å². The minimum atomic E-state index is -0.471. The second-order valence-corrected chi connectivity index (χ2v) is 9.86. The molecule has 0 saturated heterocycles. The number of aryl methyl sites for hydroxylation is 1. The predicted octanol–water partition coefficient (Wildman–Crippen LogP) is 6.14. The van der Waals surface area contributed by atoms with Crippen molar-refractivity contribution in [2.24, 2.45) is 0 Å². The average Bonchev–Trinajstić information content (AvgIpc) is 2.97. The van der Waals surface area contributed by atoms with Crippen molar-refractivity contribution in [3.05, 3.63) is 126 Å². The molecule has 4 aromatic rings. The largest absolute Gasteiger partial charge is 0.495 e. The van der Waals surface area contributed by atoms with Crippen molar-refractivity contribution in [3.8, 4) is 5.75 Å². The maximum absolute atomic E-state index is 13.3. The SMILES string of the molecule is COc1ccccc1NC(=O)CSc1cccc(NC(=O)/C(=C/c2ccc(C)cc2)NC(=O)c2ccccc2)c1. The van der Waals surface area contributed by atoms with Gasteiger partial charge in [0.1, 0.15) is 11.4 Å². The highest BCUT2D eigenvalue weighted by Crippen LogP contribution is 2.25. The molecule has 202 valence electrons. The Hall–Kier alpha value is -4.82. The summed E-state index contributed by atoms with van der Waals surface area (Å²) < 4.78 is 5.28. The molecule has 8 heteroatoms. The number of carbonyl (C=O) groups is 3. The van der Waals surface area contributed by atoms with Crippen LogP contribution in [0.25, 0.3) is 6.08 Å². The van der Waals surface area contributed by atoms with Gasteiger partial charge in [-0.05, 0) is 61.0 Å². The lowest BCUT2D eigenvalue weighted by molar-refractivity contribution is -0.114. The summed E-state index contributed by atoms with van der Waals surface area (Å²) in [5, 5.41) is 8.46. The Kier molecular flexibility index (Phi) is 9.74. The van der Waals surface area contributed by atoms with Crippen molar-refractivity contribution in [1.29, 1.82) is 0 Å². The molecular formula is C32H29N3O4S. The van der Waals surface area contributed by atoms with Crippen LogP contribution in [0.5, 0.6) is 5.75 Å². The number of nitrogens with one attached hydrogen (secondary N) is 3. The highest BCUT2D eigenvalue weighted by molar-refractivity contribution is 8.00. The molecule has 0 unspecified atom stereocenters. The number of carbonyl (C=O) groups excluding carboxylic acids is 3. The quantitative estimate of drug-likeness (QED) is 0.162. The molecule has 3 N–H and O–H groups in total. The van der Waals surface area contributed by atoms with E-state index in [1.807, 2.05) is 55.5 Å². The summed E-state index contributed by atoms with van der Waals surface area (Å²) >= 11 is 1.33. The van der Waals surface area contributed by atoms with E-state index in [-0.39, 0.29) is 23.3 Å². The van der Waals surface area contributed by atoms with E-state index in [4.69, 9.17) is 4.74 Å². The van der Waals surface area contributed by atoms with E-state index in [1.54, 1.807) is 67.8 Å². The number of anilines is 2. The second-order valence-electron chi connectivity index (χ2n) is 8.81. The van der Waals surface area contributed by atoms with Crippen LogP contribution in [0, 0.1) is 6.92 Å². The van der Waals surface area contributed by atoms with Gasteiger partial charge in [0.05, 0.1) is 18.6 Å². The van der Waals surface area contributed by atoms with Crippen molar-refractivity contribution in [2.45, 2.75) is 11.8 Å². The van der Waals surface area contributed by atoms with Crippen LogP contribution in [-0.2, 0) is 9.59 Å². The fourth-order valence-electron chi connectivity index (χ4n) is 3.72.